The van der Waals surface area contributed by atoms with Crippen molar-refractivity contribution in [1.29, 1.82) is 0 Å². The summed E-state index contributed by atoms with van der Waals surface area (Å²) in [6, 6.07) is 8.77. The summed E-state index contributed by atoms with van der Waals surface area (Å²) in [6.07, 6.45) is 3.92. The van der Waals surface area contributed by atoms with Gasteiger partial charge in [0.1, 0.15) is 15.5 Å². The summed E-state index contributed by atoms with van der Waals surface area (Å²) in [6.45, 7) is 0.623. The number of halogens is 2. The molecule has 1 fully saturated rings. The molecule has 0 radical (unpaired) electrons. The fourth-order valence-electron chi connectivity index (χ4n) is 4.07. The number of benzene rings is 1. The number of fused-ring (bicyclic) bond motifs is 1. The first kappa shape index (κ1) is 23.9. The van der Waals surface area contributed by atoms with E-state index in [1.54, 1.807) is 42.0 Å². The third-order valence-electron chi connectivity index (χ3n) is 5.88. The van der Waals surface area contributed by atoms with Crippen LogP contribution in [0.3, 0.4) is 0 Å². The quantitative estimate of drug-likeness (QED) is 0.359. The number of sulfonamides is 1. The Morgan fingerprint density at radius 2 is 1.89 bits per heavy atom. The number of thiophene rings is 1. The average Bonchev–Trinajstić information content (AvgIpc) is 3.54. The first-order valence-corrected chi connectivity index (χ1v) is 14.0. The molecule has 35 heavy (non-hydrogen) atoms. The number of aromatic nitrogens is 2. The average molecular weight is 535 g/mol. The summed E-state index contributed by atoms with van der Waals surface area (Å²) in [5, 5.41) is 1.98. The smallest absolute Gasteiger partial charge is 0.252 e. The van der Waals surface area contributed by atoms with Gasteiger partial charge in [-0.25, -0.2) is 22.2 Å². The molecule has 4 aromatic rings. The Balaban J connectivity index is 1.40. The fraction of sp³-hybridized carbons (Fsp3) is 0.261. The summed E-state index contributed by atoms with van der Waals surface area (Å²) in [4.78, 5) is 23.5. The zero-order valence-corrected chi connectivity index (χ0v) is 20.8. The Morgan fingerprint density at radius 3 is 2.57 bits per heavy atom. The summed E-state index contributed by atoms with van der Waals surface area (Å²) in [5.74, 6) is -2.16. The SMILES string of the molecule is O=C(C1CCN(S(=O)(=O)c2cccs2)CC1)N(Cc1ccncc1)c1nc2c(F)cc(F)cc2s1. The number of amides is 1. The third-order valence-corrected chi connectivity index (χ3v) is 10.2. The van der Waals surface area contributed by atoms with Gasteiger partial charge in [-0.1, -0.05) is 17.4 Å². The summed E-state index contributed by atoms with van der Waals surface area (Å²) >= 11 is 2.21. The molecule has 0 unspecified atom stereocenters. The maximum absolute atomic E-state index is 14.3. The van der Waals surface area contributed by atoms with Gasteiger partial charge in [-0.2, -0.15) is 4.31 Å². The molecule has 1 aliphatic heterocycles. The predicted molar refractivity (Wildman–Crippen MR) is 131 cm³/mol. The number of hydrogen-bond acceptors (Lipinski definition) is 7. The molecule has 0 N–H and O–H groups in total. The summed E-state index contributed by atoms with van der Waals surface area (Å²) in [5.41, 5.74) is 0.813. The van der Waals surface area contributed by atoms with E-state index in [1.807, 2.05) is 0 Å². The van der Waals surface area contributed by atoms with Gasteiger partial charge in [0.2, 0.25) is 5.91 Å². The highest BCUT2D eigenvalue weighted by molar-refractivity contribution is 7.91. The lowest BCUT2D eigenvalue weighted by atomic mass is 9.96. The van der Waals surface area contributed by atoms with Gasteiger partial charge >= 0.3 is 0 Å². The minimum atomic E-state index is -3.58. The van der Waals surface area contributed by atoms with Crippen molar-refractivity contribution in [2.24, 2.45) is 5.92 Å². The van der Waals surface area contributed by atoms with Crippen LogP contribution in [0.1, 0.15) is 18.4 Å². The molecular formula is C23H20F2N4O3S3. The van der Waals surface area contributed by atoms with Gasteiger partial charge in [0, 0.05) is 37.5 Å². The van der Waals surface area contributed by atoms with Crippen LogP contribution in [0.5, 0.6) is 0 Å². The van der Waals surface area contributed by atoms with Crippen molar-refractivity contribution in [3.63, 3.8) is 0 Å². The minimum absolute atomic E-state index is 0.00999. The van der Waals surface area contributed by atoms with E-state index in [-0.39, 0.29) is 40.4 Å². The fourth-order valence-corrected chi connectivity index (χ4v) is 7.70. The highest BCUT2D eigenvalue weighted by atomic mass is 32.2. The third kappa shape index (κ3) is 4.83. The van der Waals surface area contributed by atoms with E-state index in [9.17, 15) is 22.0 Å². The summed E-state index contributed by atoms with van der Waals surface area (Å²) in [7, 11) is -3.58. The molecule has 3 aromatic heterocycles. The number of nitrogens with zero attached hydrogens (tertiary/aromatic N) is 4. The molecule has 1 amide bonds. The molecule has 0 saturated carbocycles. The normalized spacial score (nSPS) is 15.5. The largest absolute Gasteiger partial charge is 0.283 e. The Hall–Kier alpha value is -2.80. The van der Waals surface area contributed by atoms with Gasteiger partial charge in [-0.05, 0) is 48.1 Å². The lowest BCUT2D eigenvalue weighted by Gasteiger charge is -2.32. The highest BCUT2D eigenvalue weighted by Crippen LogP contribution is 2.34. The second-order valence-electron chi connectivity index (χ2n) is 8.12. The molecule has 1 saturated heterocycles. The molecule has 4 heterocycles. The Kier molecular flexibility index (Phi) is 6.62. The van der Waals surface area contributed by atoms with E-state index < -0.39 is 27.6 Å². The molecule has 0 spiro atoms. The van der Waals surface area contributed by atoms with E-state index in [2.05, 4.69) is 9.97 Å². The second kappa shape index (κ2) is 9.69. The van der Waals surface area contributed by atoms with Crippen molar-refractivity contribution in [1.82, 2.24) is 14.3 Å². The van der Waals surface area contributed by atoms with Crippen LogP contribution in [0.2, 0.25) is 0 Å². The molecular weight excluding hydrogens is 514 g/mol. The van der Waals surface area contributed by atoms with Crippen LogP contribution >= 0.6 is 22.7 Å². The van der Waals surface area contributed by atoms with E-state index >= 15 is 0 Å². The number of pyridine rings is 1. The first-order valence-electron chi connectivity index (χ1n) is 10.8. The minimum Gasteiger partial charge on any atom is -0.283 e. The van der Waals surface area contributed by atoms with Gasteiger partial charge in [0.25, 0.3) is 10.0 Å². The molecule has 1 aromatic carbocycles. The van der Waals surface area contributed by atoms with Crippen LogP contribution in [0, 0.1) is 17.6 Å². The molecule has 0 aliphatic carbocycles. The van der Waals surface area contributed by atoms with Crippen molar-refractivity contribution >= 4 is 54.0 Å². The van der Waals surface area contributed by atoms with Crippen molar-refractivity contribution in [3.8, 4) is 0 Å². The monoisotopic (exact) mass is 534 g/mol. The number of carbonyl (C=O) groups is 1. The Bertz CT molecular complexity index is 1450. The molecule has 0 atom stereocenters. The maximum atomic E-state index is 14.3. The highest BCUT2D eigenvalue weighted by Gasteiger charge is 2.35. The van der Waals surface area contributed by atoms with Crippen LogP contribution < -0.4 is 4.90 Å². The lowest BCUT2D eigenvalue weighted by molar-refractivity contribution is -0.123. The number of hydrogen-bond donors (Lipinski definition) is 0. The van der Waals surface area contributed by atoms with Crippen LogP contribution in [0.15, 0.2) is 58.4 Å². The number of thiazole rings is 1. The second-order valence-corrected chi connectivity index (χ2v) is 12.2. The van der Waals surface area contributed by atoms with E-state index in [4.69, 9.17) is 0 Å². The topological polar surface area (TPSA) is 83.5 Å². The van der Waals surface area contributed by atoms with Gasteiger partial charge < -0.3 is 0 Å². The van der Waals surface area contributed by atoms with Crippen LogP contribution in [0.4, 0.5) is 13.9 Å². The van der Waals surface area contributed by atoms with Gasteiger partial charge in [0.15, 0.2) is 10.9 Å². The molecule has 0 bridgehead atoms. The molecule has 7 nitrogen and oxygen atoms in total. The molecule has 182 valence electrons. The van der Waals surface area contributed by atoms with Crippen molar-refractivity contribution in [2.45, 2.75) is 23.6 Å². The maximum Gasteiger partial charge on any atom is 0.252 e. The standard InChI is InChI=1S/C23H20F2N4O3S3/c24-17-12-18(25)21-19(13-17)34-23(27-21)29(14-15-3-7-26-8-4-15)22(30)16-5-9-28(10-6-16)35(31,32)20-2-1-11-33-20/h1-4,7-8,11-13,16H,5-6,9-10,14H2. The molecule has 5 rings (SSSR count). The van der Waals surface area contributed by atoms with Crippen LogP contribution in [-0.4, -0.2) is 41.7 Å². The van der Waals surface area contributed by atoms with Gasteiger partial charge in [-0.3, -0.25) is 14.7 Å². The number of carbonyl (C=O) groups excluding carboxylic acids is 1. The van der Waals surface area contributed by atoms with Crippen LogP contribution in [-0.2, 0) is 21.4 Å². The van der Waals surface area contributed by atoms with E-state index in [1.165, 1.54) is 15.3 Å². The Morgan fingerprint density at radius 1 is 1.14 bits per heavy atom. The Labute approximate surface area is 208 Å². The van der Waals surface area contributed by atoms with Crippen molar-refractivity contribution in [3.05, 3.63) is 71.4 Å². The predicted octanol–water partition coefficient (Wildman–Crippen LogP) is 4.67. The molecule has 1 aliphatic rings. The zero-order valence-electron chi connectivity index (χ0n) is 18.3. The molecule has 12 heteroatoms. The number of anilines is 1. The number of rotatable bonds is 6. The van der Waals surface area contributed by atoms with E-state index in [0.717, 1.165) is 34.3 Å². The number of piperidine rings is 1. The zero-order chi connectivity index (χ0) is 24.6. The first-order chi connectivity index (χ1) is 16.8. The van der Waals surface area contributed by atoms with Crippen molar-refractivity contribution in [2.75, 3.05) is 18.0 Å². The van der Waals surface area contributed by atoms with Gasteiger partial charge in [0.05, 0.1) is 11.2 Å². The van der Waals surface area contributed by atoms with E-state index in [0.29, 0.717) is 17.5 Å². The van der Waals surface area contributed by atoms with Gasteiger partial charge in [-0.15, -0.1) is 11.3 Å². The lowest BCUT2D eigenvalue weighted by Crippen LogP contribution is -2.44. The van der Waals surface area contributed by atoms with Crippen molar-refractivity contribution < 1.29 is 22.0 Å². The van der Waals surface area contributed by atoms with Crippen LogP contribution in [0.25, 0.3) is 10.2 Å². The summed E-state index contributed by atoms with van der Waals surface area (Å²) < 4.78 is 55.7.